The number of H-pyrrole nitrogens is 1. The Morgan fingerprint density at radius 2 is 1.75 bits per heavy atom. The van der Waals surface area contributed by atoms with E-state index in [9.17, 15) is 21.6 Å². The van der Waals surface area contributed by atoms with Crippen molar-refractivity contribution >= 4 is 27.0 Å². The minimum Gasteiger partial charge on any atom is -0.475 e. The molecule has 190 valence electrons. The standard InChI is InChI=1S/C20H20N6O2S.C2HF3O2/c27-29(28,26-10-1-2-11-26)17-5-3-15(4-6-17)18-7-8-21-20-19(18)13-16(23-20)14-25-12-9-22-24-25;3-2(4,5)1(6)7/h3-9,12-13H,1-2,10-11,14H2,(H,21,23);(H,6,7). The van der Waals surface area contributed by atoms with Crippen molar-refractivity contribution in [2.45, 2.75) is 30.5 Å². The van der Waals surface area contributed by atoms with E-state index in [1.54, 1.807) is 39.7 Å². The Balaban J connectivity index is 0.000000384. The second-order valence-corrected chi connectivity index (χ2v) is 9.89. The summed E-state index contributed by atoms with van der Waals surface area (Å²) in [7, 11) is -3.41. The molecule has 1 aliphatic rings. The van der Waals surface area contributed by atoms with E-state index < -0.39 is 22.2 Å². The summed E-state index contributed by atoms with van der Waals surface area (Å²) in [6.45, 7) is 1.78. The van der Waals surface area contributed by atoms with Crippen molar-refractivity contribution in [2.24, 2.45) is 0 Å². The minimum atomic E-state index is -5.08. The molecule has 1 aliphatic heterocycles. The van der Waals surface area contributed by atoms with Gasteiger partial charge in [-0.25, -0.2) is 22.9 Å². The number of alkyl halides is 3. The van der Waals surface area contributed by atoms with Gasteiger partial charge in [0.15, 0.2) is 0 Å². The number of rotatable bonds is 5. The third kappa shape index (κ3) is 5.54. The molecule has 0 radical (unpaired) electrons. The van der Waals surface area contributed by atoms with Crippen molar-refractivity contribution in [1.82, 2.24) is 29.3 Å². The van der Waals surface area contributed by atoms with Crippen LogP contribution in [-0.2, 0) is 21.4 Å². The van der Waals surface area contributed by atoms with Gasteiger partial charge in [-0.2, -0.15) is 17.5 Å². The molecule has 36 heavy (non-hydrogen) atoms. The van der Waals surface area contributed by atoms with Crippen LogP contribution in [0.1, 0.15) is 18.5 Å². The smallest absolute Gasteiger partial charge is 0.475 e. The number of sulfonamides is 1. The molecule has 1 saturated heterocycles. The van der Waals surface area contributed by atoms with Gasteiger partial charge in [0, 0.05) is 36.6 Å². The Kier molecular flexibility index (Phi) is 7.08. The quantitative estimate of drug-likeness (QED) is 0.411. The molecule has 10 nitrogen and oxygen atoms in total. The highest BCUT2D eigenvalue weighted by Gasteiger charge is 2.38. The van der Waals surface area contributed by atoms with Crippen LogP contribution in [0, 0.1) is 0 Å². The fourth-order valence-corrected chi connectivity index (χ4v) is 5.31. The summed E-state index contributed by atoms with van der Waals surface area (Å²) in [4.78, 5) is 17.0. The zero-order valence-corrected chi connectivity index (χ0v) is 19.5. The van der Waals surface area contributed by atoms with Gasteiger partial charge >= 0.3 is 12.1 Å². The number of pyridine rings is 1. The molecule has 0 amide bonds. The molecule has 0 saturated carbocycles. The highest BCUT2D eigenvalue weighted by Crippen LogP contribution is 2.30. The first-order valence-electron chi connectivity index (χ1n) is 10.8. The van der Waals surface area contributed by atoms with Crippen molar-refractivity contribution in [3.8, 4) is 11.1 Å². The SMILES string of the molecule is O=C(O)C(F)(F)F.O=S(=O)(c1ccc(-c2ccnc3[nH]c(Cn4ccnn4)cc23)cc1)N1CCCC1. The van der Waals surface area contributed by atoms with E-state index in [4.69, 9.17) is 9.90 Å². The maximum Gasteiger partial charge on any atom is 0.490 e. The van der Waals surface area contributed by atoms with Gasteiger partial charge in [0.1, 0.15) is 5.65 Å². The van der Waals surface area contributed by atoms with Crippen LogP contribution in [0.5, 0.6) is 0 Å². The molecule has 5 rings (SSSR count). The van der Waals surface area contributed by atoms with Gasteiger partial charge in [0.2, 0.25) is 10.0 Å². The third-order valence-corrected chi connectivity index (χ3v) is 7.42. The van der Waals surface area contributed by atoms with Crippen LogP contribution in [0.15, 0.2) is 59.9 Å². The molecule has 1 fully saturated rings. The summed E-state index contributed by atoms with van der Waals surface area (Å²) >= 11 is 0. The lowest BCUT2D eigenvalue weighted by Gasteiger charge is -2.15. The molecule has 0 spiro atoms. The maximum atomic E-state index is 12.7. The van der Waals surface area contributed by atoms with Crippen LogP contribution in [0.25, 0.3) is 22.2 Å². The number of aromatic amines is 1. The fourth-order valence-electron chi connectivity index (χ4n) is 3.79. The molecule has 4 aromatic rings. The number of hydrogen-bond donors (Lipinski definition) is 2. The topological polar surface area (TPSA) is 134 Å². The molecule has 3 aromatic heterocycles. The van der Waals surface area contributed by atoms with Crippen molar-refractivity contribution in [2.75, 3.05) is 13.1 Å². The van der Waals surface area contributed by atoms with E-state index >= 15 is 0 Å². The number of nitrogens with zero attached hydrogens (tertiary/aromatic N) is 5. The number of carboxylic acids is 1. The van der Waals surface area contributed by atoms with E-state index in [0.717, 1.165) is 40.7 Å². The van der Waals surface area contributed by atoms with E-state index in [1.807, 2.05) is 24.3 Å². The van der Waals surface area contributed by atoms with E-state index in [2.05, 4.69) is 20.3 Å². The molecule has 1 aromatic carbocycles. The maximum absolute atomic E-state index is 12.7. The average molecular weight is 523 g/mol. The first-order valence-corrected chi connectivity index (χ1v) is 12.2. The average Bonchev–Trinajstić information content (AvgIpc) is 3.60. The zero-order chi connectivity index (χ0) is 25.9. The van der Waals surface area contributed by atoms with Crippen LogP contribution in [0.3, 0.4) is 0 Å². The summed E-state index contributed by atoms with van der Waals surface area (Å²) in [5.74, 6) is -2.76. The normalized spacial score (nSPS) is 14.5. The lowest BCUT2D eigenvalue weighted by atomic mass is 10.0. The summed E-state index contributed by atoms with van der Waals surface area (Å²) in [5.41, 5.74) is 3.70. The van der Waals surface area contributed by atoms with Crippen molar-refractivity contribution in [1.29, 1.82) is 0 Å². The molecule has 0 atom stereocenters. The predicted molar refractivity (Wildman–Crippen MR) is 122 cm³/mol. The Bertz CT molecular complexity index is 1450. The van der Waals surface area contributed by atoms with Crippen molar-refractivity contribution in [3.63, 3.8) is 0 Å². The molecule has 0 bridgehead atoms. The number of aliphatic carboxylic acids is 1. The summed E-state index contributed by atoms with van der Waals surface area (Å²) in [5, 5.41) is 15.9. The molecule has 0 unspecified atom stereocenters. The van der Waals surface area contributed by atoms with Crippen LogP contribution >= 0.6 is 0 Å². The number of carboxylic acid groups (broad SMARTS) is 1. The van der Waals surface area contributed by atoms with E-state index in [-0.39, 0.29) is 0 Å². The van der Waals surface area contributed by atoms with Crippen molar-refractivity contribution in [3.05, 3.63) is 60.7 Å². The third-order valence-electron chi connectivity index (χ3n) is 5.50. The number of hydrogen-bond acceptors (Lipinski definition) is 6. The first-order chi connectivity index (χ1) is 17.1. The predicted octanol–water partition coefficient (Wildman–Crippen LogP) is 3.29. The summed E-state index contributed by atoms with van der Waals surface area (Å²) in [6.07, 6.45) is 1.97. The highest BCUT2D eigenvalue weighted by molar-refractivity contribution is 7.89. The number of fused-ring (bicyclic) bond motifs is 1. The zero-order valence-electron chi connectivity index (χ0n) is 18.7. The second-order valence-electron chi connectivity index (χ2n) is 7.95. The highest BCUT2D eigenvalue weighted by atomic mass is 32.2. The molecule has 0 aliphatic carbocycles. The molecular weight excluding hydrogens is 501 g/mol. The number of carbonyl (C=O) groups is 1. The Morgan fingerprint density at radius 3 is 2.33 bits per heavy atom. The van der Waals surface area contributed by atoms with Gasteiger partial charge in [-0.3, -0.25) is 0 Å². The Morgan fingerprint density at radius 1 is 1.08 bits per heavy atom. The molecule has 2 N–H and O–H groups in total. The van der Waals surface area contributed by atoms with Gasteiger partial charge < -0.3 is 10.1 Å². The fraction of sp³-hybridized carbons (Fsp3) is 0.273. The lowest BCUT2D eigenvalue weighted by Crippen LogP contribution is -2.27. The van der Waals surface area contributed by atoms with Gasteiger partial charge in [-0.05, 0) is 48.2 Å². The van der Waals surface area contributed by atoms with Gasteiger partial charge in [-0.1, -0.05) is 17.3 Å². The number of halogens is 3. The van der Waals surface area contributed by atoms with Crippen LogP contribution < -0.4 is 0 Å². The van der Waals surface area contributed by atoms with E-state index in [1.165, 1.54) is 0 Å². The molecule has 4 heterocycles. The van der Waals surface area contributed by atoms with E-state index in [0.29, 0.717) is 24.5 Å². The minimum absolute atomic E-state index is 0.342. The van der Waals surface area contributed by atoms with Crippen LogP contribution in [0.4, 0.5) is 13.2 Å². The first kappa shape index (κ1) is 25.3. The van der Waals surface area contributed by atoms with Gasteiger partial charge in [0.25, 0.3) is 0 Å². The molecular formula is C22H21F3N6O4S. The second kappa shape index (κ2) is 10.1. The number of nitrogens with one attached hydrogen (secondary N) is 1. The lowest BCUT2D eigenvalue weighted by molar-refractivity contribution is -0.192. The largest absolute Gasteiger partial charge is 0.490 e. The van der Waals surface area contributed by atoms with Crippen molar-refractivity contribution < 1.29 is 31.5 Å². The number of benzene rings is 1. The van der Waals surface area contributed by atoms with Gasteiger partial charge in [0.05, 0.1) is 17.6 Å². The monoisotopic (exact) mass is 522 g/mol. The Hall–Kier alpha value is -3.78. The summed E-state index contributed by atoms with van der Waals surface area (Å²) < 4.78 is 60.5. The number of aromatic nitrogens is 5. The van der Waals surface area contributed by atoms with Gasteiger partial charge in [-0.15, -0.1) is 5.10 Å². The summed E-state index contributed by atoms with van der Waals surface area (Å²) in [6, 6.07) is 11.1. The van der Waals surface area contributed by atoms with Crippen LogP contribution in [-0.4, -0.2) is 68.0 Å². The molecule has 14 heteroatoms. The van der Waals surface area contributed by atoms with Crippen LogP contribution in [0.2, 0.25) is 0 Å². The Labute approximate surface area is 203 Å².